The lowest BCUT2D eigenvalue weighted by molar-refractivity contribution is -0.0326. The zero-order valence-corrected chi connectivity index (χ0v) is 7.10. The molecule has 0 fully saturated rings. The minimum atomic E-state index is -0.757. The van der Waals surface area contributed by atoms with Crippen molar-refractivity contribution in [1.29, 1.82) is 0 Å². The van der Waals surface area contributed by atoms with E-state index in [2.05, 4.69) is 0 Å². The van der Waals surface area contributed by atoms with Gasteiger partial charge in [0.25, 0.3) is 0 Å². The highest BCUT2D eigenvalue weighted by Gasteiger charge is 2.12. The molecule has 0 aromatic carbocycles. The van der Waals surface area contributed by atoms with E-state index in [9.17, 15) is 0 Å². The van der Waals surface area contributed by atoms with Crippen LogP contribution < -0.4 is 0 Å². The van der Waals surface area contributed by atoms with Gasteiger partial charge in [-0.05, 0) is 13.2 Å². The molecule has 0 aliphatic rings. The van der Waals surface area contributed by atoms with Gasteiger partial charge in [-0.2, -0.15) is 0 Å². The molecule has 2 N–H and O–H groups in total. The molecule has 0 aromatic heterocycles. The van der Waals surface area contributed by atoms with Crippen LogP contribution in [0.5, 0.6) is 0 Å². The molecule has 0 aromatic rings. The summed E-state index contributed by atoms with van der Waals surface area (Å²) in [5.41, 5.74) is 0. The number of aliphatic hydroxyl groups is 2. The van der Waals surface area contributed by atoms with Gasteiger partial charge in [-0.1, -0.05) is 0 Å². The summed E-state index contributed by atoms with van der Waals surface area (Å²) in [5, 5.41) is 17.4. The third-order valence-electron chi connectivity index (χ3n) is 1.18. The maximum Gasteiger partial charge on any atom is 0.103 e. The van der Waals surface area contributed by atoms with Crippen LogP contribution in [-0.4, -0.2) is 41.2 Å². The first-order valence-electron chi connectivity index (χ1n) is 3.11. The summed E-state index contributed by atoms with van der Waals surface area (Å²) in [6.45, 7) is 1.49. The van der Waals surface area contributed by atoms with Gasteiger partial charge in [0.15, 0.2) is 0 Å². The normalized spacial score (nSPS) is 16.8. The Labute approximate surface area is 65.4 Å². The first kappa shape index (κ1) is 10.2. The lowest BCUT2D eigenvalue weighted by Gasteiger charge is -2.16. The van der Waals surface area contributed by atoms with E-state index in [0.717, 1.165) is 0 Å². The molecule has 10 heavy (non-hydrogen) atoms. The quantitative estimate of drug-likeness (QED) is 0.567. The molecule has 0 saturated heterocycles. The maximum absolute atomic E-state index is 8.97. The fraction of sp³-hybridized carbons (Fsp3) is 1.00. The van der Waals surface area contributed by atoms with Crippen LogP contribution in [-0.2, 0) is 4.74 Å². The van der Waals surface area contributed by atoms with Gasteiger partial charge in [0, 0.05) is 0 Å². The minimum absolute atomic E-state index is 0.241. The van der Waals surface area contributed by atoms with Crippen molar-refractivity contribution in [3.63, 3.8) is 0 Å². The highest BCUT2D eigenvalue weighted by atomic mass is 32.2. The molecule has 62 valence electrons. The molecule has 0 bridgehead atoms. The van der Waals surface area contributed by atoms with Crippen LogP contribution in [0.4, 0.5) is 0 Å². The molecule has 0 unspecified atom stereocenters. The SMILES string of the molecule is CSCO[C@H](C)[C@@H](O)CO. The van der Waals surface area contributed by atoms with Crippen molar-refractivity contribution in [2.45, 2.75) is 19.1 Å². The van der Waals surface area contributed by atoms with Crippen LogP contribution in [0.3, 0.4) is 0 Å². The Morgan fingerprint density at radius 1 is 1.60 bits per heavy atom. The van der Waals surface area contributed by atoms with Crippen LogP contribution in [0.1, 0.15) is 6.92 Å². The van der Waals surface area contributed by atoms with Crippen molar-refractivity contribution in [1.82, 2.24) is 0 Å². The molecular formula is C6H14O3S. The second-order valence-electron chi connectivity index (χ2n) is 2.03. The second kappa shape index (κ2) is 5.97. The summed E-state index contributed by atoms with van der Waals surface area (Å²) >= 11 is 1.54. The fourth-order valence-corrected chi connectivity index (χ4v) is 0.786. The summed E-state index contributed by atoms with van der Waals surface area (Å²) < 4.78 is 5.10. The molecule has 4 heteroatoms. The van der Waals surface area contributed by atoms with E-state index in [1.54, 1.807) is 18.7 Å². The van der Waals surface area contributed by atoms with E-state index < -0.39 is 6.10 Å². The lowest BCUT2D eigenvalue weighted by atomic mass is 10.2. The molecular weight excluding hydrogens is 152 g/mol. The molecule has 0 heterocycles. The average molecular weight is 166 g/mol. The highest BCUT2D eigenvalue weighted by molar-refractivity contribution is 7.98. The highest BCUT2D eigenvalue weighted by Crippen LogP contribution is 2.01. The van der Waals surface area contributed by atoms with Gasteiger partial charge in [0.05, 0.1) is 18.6 Å². The number of aliphatic hydroxyl groups excluding tert-OH is 2. The van der Waals surface area contributed by atoms with Crippen molar-refractivity contribution in [2.24, 2.45) is 0 Å². The van der Waals surface area contributed by atoms with Crippen molar-refractivity contribution in [3.8, 4) is 0 Å². The Kier molecular flexibility index (Phi) is 6.11. The summed E-state index contributed by atoms with van der Waals surface area (Å²) in [7, 11) is 0. The molecule has 0 aliphatic carbocycles. The largest absolute Gasteiger partial charge is 0.394 e. The molecule has 3 nitrogen and oxygen atoms in total. The van der Waals surface area contributed by atoms with E-state index >= 15 is 0 Å². The Balaban J connectivity index is 3.31. The monoisotopic (exact) mass is 166 g/mol. The Morgan fingerprint density at radius 3 is 2.60 bits per heavy atom. The van der Waals surface area contributed by atoms with Crippen LogP contribution in [0.2, 0.25) is 0 Å². The minimum Gasteiger partial charge on any atom is -0.394 e. The van der Waals surface area contributed by atoms with Gasteiger partial charge < -0.3 is 14.9 Å². The van der Waals surface area contributed by atoms with Crippen molar-refractivity contribution >= 4 is 11.8 Å². The molecule has 0 spiro atoms. The maximum atomic E-state index is 8.97. The van der Waals surface area contributed by atoms with Crippen LogP contribution >= 0.6 is 11.8 Å². The molecule has 0 amide bonds. The number of rotatable bonds is 5. The zero-order chi connectivity index (χ0) is 7.98. The Morgan fingerprint density at radius 2 is 2.20 bits per heavy atom. The number of hydrogen-bond acceptors (Lipinski definition) is 4. The predicted octanol–water partition coefficient (Wildman–Crippen LogP) is 0.0652. The van der Waals surface area contributed by atoms with Gasteiger partial charge in [-0.25, -0.2) is 0 Å². The predicted molar refractivity (Wildman–Crippen MR) is 42.0 cm³/mol. The number of hydrogen-bond donors (Lipinski definition) is 2. The van der Waals surface area contributed by atoms with Crippen LogP contribution in [0.15, 0.2) is 0 Å². The molecule has 0 rings (SSSR count). The average Bonchev–Trinajstić information content (AvgIpc) is 1.98. The molecule has 2 atom stereocenters. The summed E-state index contributed by atoms with van der Waals surface area (Å²) in [6, 6.07) is 0. The Bertz CT molecular complexity index is 79.4. The fourth-order valence-electron chi connectivity index (χ4n) is 0.435. The Hall–Kier alpha value is 0.230. The molecule has 0 aliphatic heterocycles. The van der Waals surface area contributed by atoms with Crippen LogP contribution in [0, 0.1) is 0 Å². The number of thioether (sulfide) groups is 1. The van der Waals surface area contributed by atoms with E-state index in [1.807, 2.05) is 6.26 Å². The summed E-state index contributed by atoms with van der Waals surface area (Å²) in [4.78, 5) is 0. The van der Waals surface area contributed by atoms with Crippen molar-refractivity contribution in [3.05, 3.63) is 0 Å². The van der Waals surface area contributed by atoms with Gasteiger partial charge in [-0.3, -0.25) is 0 Å². The number of ether oxygens (including phenoxy) is 1. The molecule has 0 radical (unpaired) electrons. The van der Waals surface area contributed by atoms with Crippen molar-refractivity contribution in [2.75, 3.05) is 18.8 Å². The summed E-state index contributed by atoms with van der Waals surface area (Å²) in [6.07, 6.45) is 0.877. The van der Waals surface area contributed by atoms with Gasteiger partial charge >= 0.3 is 0 Å². The lowest BCUT2D eigenvalue weighted by Crippen LogP contribution is -2.29. The van der Waals surface area contributed by atoms with E-state index in [0.29, 0.717) is 5.94 Å². The first-order chi connectivity index (χ1) is 4.72. The van der Waals surface area contributed by atoms with Crippen molar-refractivity contribution < 1.29 is 14.9 Å². The smallest absolute Gasteiger partial charge is 0.103 e. The van der Waals surface area contributed by atoms with Gasteiger partial charge in [0.1, 0.15) is 6.10 Å². The van der Waals surface area contributed by atoms with E-state index in [1.165, 1.54) is 0 Å². The topological polar surface area (TPSA) is 49.7 Å². The van der Waals surface area contributed by atoms with Gasteiger partial charge in [-0.15, -0.1) is 11.8 Å². The van der Waals surface area contributed by atoms with E-state index in [4.69, 9.17) is 14.9 Å². The van der Waals surface area contributed by atoms with E-state index in [-0.39, 0.29) is 12.7 Å². The van der Waals surface area contributed by atoms with Gasteiger partial charge in [0.2, 0.25) is 0 Å². The third kappa shape index (κ3) is 4.11. The third-order valence-corrected chi connectivity index (χ3v) is 1.55. The second-order valence-corrected chi connectivity index (χ2v) is 2.84. The first-order valence-corrected chi connectivity index (χ1v) is 4.51. The standard InChI is InChI=1S/C6H14O3S/c1-5(6(8)3-7)9-4-10-2/h5-8H,3-4H2,1-2H3/t5-,6+/m1/s1. The summed E-state index contributed by atoms with van der Waals surface area (Å²) in [5.74, 6) is 0.554. The molecule has 0 saturated carbocycles. The van der Waals surface area contributed by atoms with Crippen LogP contribution in [0.25, 0.3) is 0 Å². The zero-order valence-electron chi connectivity index (χ0n) is 6.28.